The Morgan fingerprint density at radius 2 is 1.76 bits per heavy atom. The normalized spacial score (nSPS) is 17.8. The summed E-state index contributed by atoms with van der Waals surface area (Å²) in [5.41, 5.74) is 4.47. The van der Waals surface area contributed by atoms with Crippen LogP contribution in [0.3, 0.4) is 0 Å². The van der Waals surface area contributed by atoms with Gasteiger partial charge in [0.15, 0.2) is 17.3 Å². The van der Waals surface area contributed by atoms with E-state index in [1.54, 1.807) is 24.3 Å². The number of piperidine rings is 1. The van der Waals surface area contributed by atoms with Crippen molar-refractivity contribution in [1.82, 2.24) is 5.16 Å². The lowest BCUT2D eigenvalue weighted by atomic mass is 9.86. The molecular weight excluding hydrogens is 474 g/mol. The molecule has 9 heteroatoms. The number of carboxylic acids is 1. The number of benzene rings is 3. The predicted molar refractivity (Wildman–Crippen MR) is 136 cm³/mol. The van der Waals surface area contributed by atoms with Gasteiger partial charge in [0.2, 0.25) is 0 Å². The molecule has 0 amide bonds. The number of hydrogen-bond acceptors (Lipinski definition) is 8. The highest BCUT2D eigenvalue weighted by Crippen LogP contribution is 2.47. The van der Waals surface area contributed by atoms with Crippen LogP contribution in [-0.4, -0.2) is 54.1 Å². The van der Waals surface area contributed by atoms with Crippen LogP contribution in [0, 0.1) is 0 Å². The van der Waals surface area contributed by atoms with Crippen LogP contribution in [0.1, 0.15) is 39.1 Å². The van der Waals surface area contributed by atoms with E-state index >= 15 is 0 Å². The first-order valence-corrected chi connectivity index (χ1v) is 12.3. The summed E-state index contributed by atoms with van der Waals surface area (Å²) in [6.07, 6.45) is 1.43. The van der Waals surface area contributed by atoms with Gasteiger partial charge < -0.3 is 29.3 Å². The van der Waals surface area contributed by atoms with E-state index in [2.05, 4.69) is 15.4 Å². The maximum Gasteiger partial charge on any atom is 0.335 e. The van der Waals surface area contributed by atoms with Crippen LogP contribution >= 0.6 is 0 Å². The third-order valence-corrected chi connectivity index (χ3v) is 7.45. The quantitative estimate of drug-likeness (QED) is 0.360. The van der Waals surface area contributed by atoms with E-state index in [-0.39, 0.29) is 11.3 Å². The number of rotatable bonds is 4. The number of ketones is 1. The van der Waals surface area contributed by atoms with Crippen molar-refractivity contribution in [2.75, 3.05) is 36.5 Å². The molecule has 2 saturated heterocycles. The van der Waals surface area contributed by atoms with Gasteiger partial charge in [0.1, 0.15) is 5.52 Å². The van der Waals surface area contributed by atoms with Crippen LogP contribution < -0.4 is 10.2 Å². The maximum atomic E-state index is 13.8. The summed E-state index contributed by atoms with van der Waals surface area (Å²) in [5.74, 6) is -1.13. The van der Waals surface area contributed by atoms with Crippen molar-refractivity contribution in [2.45, 2.75) is 18.6 Å². The van der Waals surface area contributed by atoms with Crippen LogP contribution in [0.5, 0.6) is 0 Å². The fourth-order valence-electron chi connectivity index (χ4n) is 5.64. The zero-order valence-electron chi connectivity index (χ0n) is 19.8. The minimum absolute atomic E-state index is 0.134. The summed E-state index contributed by atoms with van der Waals surface area (Å²) in [4.78, 5) is 27.5. The van der Waals surface area contributed by atoms with Crippen molar-refractivity contribution < 1.29 is 28.7 Å². The average molecular weight is 498 g/mol. The smallest absolute Gasteiger partial charge is 0.335 e. The summed E-state index contributed by atoms with van der Waals surface area (Å²) in [6.45, 7) is 2.59. The largest absolute Gasteiger partial charge is 0.478 e. The molecule has 7 rings (SSSR count). The standard InChI is InChI=1S/C28H23N3O6/c32-25-18-6-1-2-7-19(18)26-23-22(25)20(29-17-5-3-4-16(14-17)27(33)34)15-21(24(23)30-37-26)31-10-8-28(9-11-31)35-12-13-36-28/h1-7,14-15,29H,8-13H2,(H,33,34). The second-order valence-corrected chi connectivity index (χ2v) is 9.53. The molecule has 0 radical (unpaired) electrons. The molecule has 9 nitrogen and oxygen atoms in total. The molecule has 37 heavy (non-hydrogen) atoms. The van der Waals surface area contributed by atoms with E-state index in [9.17, 15) is 14.7 Å². The zero-order valence-corrected chi connectivity index (χ0v) is 19.8. The van der Waals surface area contributed by atoms with Crippen molar-refractivity contribution in [3.63, 3.8) is 0 Å². The molecule has 0 atom stereocenters. The van der Waals surface area contributed by atoms with Gasteiger partial charge in [-0.25, -0.2) is 4.79 Å². The second-order valence-electron chi connectivity index (χ2n) is 9.53. The van der Waals surface area contributed by atoms with Gasteiger partial charge in [-0.15, -0.1) is 0 Å². The Labute approximate surface area is 211 Å². The fraction of sp³-hybridized carbons (Fsp3) is 0.250. The van der Waals surface area contributed by atoms with E-state index in [0.717, 1.165) is 5.69 Å². The predicted octanol–water partition coefficient (Wildman–Crippen LogP) is 4.82. The lowest BCUT2D eigenvalue weighted by Crippen LogP contribution is -2.45. The molecule has 3 aliphatic rings. The number of ether oxygens (including phenoxy) is 2. The number of carbonyl (C=O) groups excluding carboxylic acids is 1. The number of fused-ring (bicyclic) bond motifs is 2. The van der Waals surface area contributed by atoms with Crippen molar-refractivity contribution in [3.8, 4) is 11.3 Å². The van der Waals surface area contributed by atoms with Crippen molar-refractivity contribution in [3.05, 3.63) is 71.3 Å². The molecule has 3 aromatic carbocycles. The van der Waals surface area contributed by atoms with Gasteiger partial charge in [-0.1, -0.05) is 35.5 Å². The van der Waals surface area contributed by atoms with Gasteiger partial charge in [-0.05, 0) is 24.3 Å². The van der Waals surface area contributed by atoms with Crippen LogP contribution in [0.25, 0.3) is 22.2 Å². The minimum Gasteiger partial charge on any atom is -0.478 e. The van der Waals surface area contributed by atoms with Gasteiger partial charge >= 0.3 is 5.97 Å². The molecule has 0 bridgehead atoms. The number of hydrogen-bond donors (Lipinski definition) is 2. The number of carboxylic acid groups (broad SMARTS) is 1. The molecule has 0 unspecified atom stereocenters. The Balaban J connectivity index is 1.38. The second kappa shape index (κ2) is 8.16. The van der Waals surface area contributed by atoms with E-state index in [1.165, 1.54) is 6.07 Å². The molecule has 1 spiro atoms. The van der Waals surface area contributed by atoms with Crippen LogP contribution in [-0.2, 0) is 9.47 Å². The Morgan fingerprint density at radius 3 is 2.51 bits per heavy atom. The maximum absolute atomic E-state index is 13.8. The van der Waals surface area contributed by atoms with Crippen molar-refractivity contribution in [1.29, 1.82) is 0 Å². The number of carbonyl (C=O) groups is 2. The summed E-state index contributed by atoms with van der Waals surface area (Å²) in [7, 11) is 0. The van der Waals surface area contributed by atoms with E-state index in [0.29, 0.717) is 83.9 Å². The summed E-state index contributed by atoms with van der Waals surface area (Å²) < 4.78 is 17.7. The number of aromatic carboxylic acids is 1. The molecule has 1 aromatic heterocycles. The Morgan fingerprint density at radius 1 is 1.00 bits per heavy atom. The summed E-state index contributed by atoms with van der Waals surface area (Å²) in [6, 6.07) is 15.8. The first kappa shape index (κ1) is 22.0. The van der Waals surface area contributed by atoms with Gasteiger partial charge in [-0.2, -0.15) is 0 Å². The van der Waals surface area contributed by atoms with Crippen molar-refractivity contribution >= 4 is 39.7 Å². The third kappa shape index (κ3) is 3.42. The third-order valence-electron chi connectivity index (χ3n) is 7.45. The zero-order chi connectivity index (χ0) is 25.1. The summed E-state index contributed by atoms with van der Waals surface area (Å²) in [5, 5.41) is 17.9. The van der Waals surface area contributed by atoms with Crippen LogP contribution in [0.2, 0.25) is 0 Å². The highest BCUT2D eigenvalue weighted by Gasteiger charge is 2.41. The Bertz CT molecular complexity index is 1580. The average Bonchev–Trinajstić information content (AvgIpc) is 3.56. The molecule has 1 aliphatic carbocycles. The van der Waals surface area contributed by atoms with Crippen LogP contribution in [0.15, 0.2) is 59.1 Å². The van der Waals surface area contributed by atoms with Gasteiger partial charge in [0.25, 0.3) is 0 Å². The highest BCUT2D eigenvalue weighted by atomic mass is 16.7. The lowest BCUT2D eigenvalue weighted by molar-refractivity contribution is -0.169. The molecule has 2 fully saturated rings. The lowest BCUT2D eigenvalue weighted by Gasteiger charge is -2.39. The van der Waals surface area contributed by atoms with E-state index < -0.39 is 11.8 Å². The first-order valence-electron chi connectivity index (χ1n) is 12.3. The minimum atomic E-state index is -1.02. The molecule has 2 aliphatic heterocycles. The highest BCUT2D eigenvalue weighted by molar-refractivity contribution is 6.28. The first-order chi connectivity index (χ1) is 18.0. The molecule has 2 N–H and O–H groups in total. The molecule has 3 heterocycles. The van der Waals surface area contributed by atoms with E-state index in [1.807, 2.05) is 24.3 Å². The molecule has 186 valence electrons. The number of aromatic nitrogens is 1. The van der Waals surface area contributed by atoms with Gasteiger partial charge in [-0.3, -0.25) is 4.79 Å². The van der Waals surface area contributed by atoms with E-state index in [4.69, 9.17) is 14.0 Å². The van der Waals surface area contributed by atoms with Gasteiger partial charge in [0, 0.05) is 42.7 Å². The Kier molecular flexibility index (Phi) is 4.85. The molecule has 0 saturated carbocycles. The topological polar surface area (TPSA) is 114 Å². The number of nitrogens with zero attached hydrogens (tertiary/aromatic N) is 2. The molecular formula is C28H23N3O6. The van der Waals surface area contributed by atoms with Gasteiger partial charge in [0.05, 0.1) is 41.1 Å². The van der Waals surface area contributed by atoms with Crippen LogP contribution in [0.4, 0.5) is 17.1 Å². The molecule has 4 aromatic rings. The number of nitrogens with one attached hydrogen (secondary N) is 1. The monoisotopic (exact) mass is 497 g/mol. The SMILES string of the molecule is O=C(O)c1cccc(Nc2cc(N3CCC4(CC3)OCCO4)c3noc4c3c2C(=O)c2ccccc2-4)c1. The summed E-state index contributed by atoms with van der Waals surface area (Å²) >= 11 is 0. The number of anilines is 3. The Hall–Kier alpha value is -4.21. The fourth-order valence-corrected chi connectivity index (χ4v) is 5.64. The van der Waals surface area contributed by atoms with Crippen molar-refractivity contribution in [2.24, 2.45) is 0 Å².